The molecule has 0 radical (unpaired) electrons. The maximum Gasteiger partial charge on any atom is 0.239 e. The number of rotatable bonds is 8. The van der Waals surface area contributed by atoms with Gasteiger partial charge in [0, 0.05) is 25.2 Å². The predicted octanol–water partition coefficient (Wildman–Crippen LogP) is 1.33. The van der Waals surface area contributed by atoms with E-state index in [1.165, 1.54) is 0 Å². The third-order valence-corrected chi connectivity index (χ3v) is 2.33. The Morgan fingerprint density at radius 2 is 1.79 bits per heavy atom. The van der Waals surface area contributed by atoms with Crippen molar-refractivity contribution in [3.63, 3.8) is 0 Å². The van der Waals surface area contributed by atoms with Crippen LogP contribution in [0.5, 0.6) is 0 Å². The highest BCUT2D eigenvalue weighted by molar-refractivity contribution is 5.87. The first-order chi connectivity index (χ1) is 8.73. The van der Waals surface area contributed by atoms with Crippen molar-refractivity contribution >= 4 is 11.8 Å². The molecule has 0 heterocycles. The van der Waals surface area contributed by atoms with Crippen LogP contribution in [0.1, 0.15) is 41.0 Å². The topological polar surface area (TPSA) is 67.4 Å². The summed E-state index contributed by atoms with van der Waals surface area (Å²) in [5, 5.41) is 5.35. The van der Waals surface area contributed by atoms with Gasteiger partial charge in [0.25, 0.3) is 0 Å². The summed E-state index contributed by atoms with van der Waals surface area (Å²) in [5.41, 5.74) is -0.467. The fraction of sp³-hybridized carbons (Fsp3) is 0.857. The van der Waals surface area contributed by atoms with E-state index in [1.807, 2.05) is 20.8 Å². The molecule has 0 spiro atoms. The van der Waals surface area contributed by atoms with Crippen molar-refractivity contribution in [2.24, 2.45) is 11.3 Å². The Morgan fingerprint density at radius 3 is 2.32 bits per heavy atom. The van der Waals surface area contributed by atoms with Crippen LogP contribution in [-0.2, 0) is 14.3 Å². The Labute approximate surface area is 116 Å². The molecule has 5 nitrogen and oxygen atoms in total. The molecule has 0 aromatic heterocycles. The number of carbonyl (C=O) groups is 2. The van der Waals surface area contributed by atoms with Gasteiger partial charge in [0.2, 0.25) is 11.8 Å². The van der Waals surface area contributed by atoms with E-state index in [9.17, 15) is 9.59 Å². The van der Waals surface area contributed by atoms with Gasteiger partial charge in [-0.1, -0.05) is 34.6 Å². The van der Waals surface area contributed by atoms with Crippen molar-refractivity contribution in [2.45, 2.75) is 41.0 Å². The molecule has 0 rings (SSSR count). The molecule has 2 amide bonds. The smallest absolute Gasteiger partial charge is 0.239 e. The van der Waals surface area contributed by atoms with E-state index in [-0.39, 0.29) is 18.4 Å². The molecule has 0 aromatic rings. The minimum absolute atomic E-state index is 0.0307. The third-order valence-electron chi connectivity index (χ3n) is 2.33. The van der Waals surface area contributed by atoms with Crippen LogP contribution in [0.3, 0.4) is 0 Å². The molecule has 0 atom stereocenters. The van der Waals surface area contributed by atoms with E-state index in [2.05, 4.69) is 24.5 Å². The maximum absolute atomic E-state index is 11.5. The number of hydrogen-bond donors (Lipinski definition) is 2. The first-order valence-electron chi connectivity index (χ1n) is 6.86. The molecule has 0 bridgehead atoms. The molecule has 0 aliphatic carbocycles. The fourth-order valence-corrected chi connectivity index (χ4v) is 1.21. The van der Waals surface area contributed by atoms with Crippen molar-refractivity contribution in [3.8, 4) is 0 Å². The highest BCUT2D eigenvalue weighted by Crippen LogP contribution is 2.11. The summed E-state index contributed by atoms with van der Waals surface area (Å²) in [6, 6.07) is 0. The summed E-state index contributed by atoms with van der Waals surface area (Å²) in [6.07, 6.45) is 0.783. The van der Waals surface area contributed by atoms with E-state index in [4.69, 9.17) is 4.74 Å². The van der Waals surface area contributed by atoms with Crippen molar-refractivity contribution in [3.05, 3.63) is 0 Å². The Morgan fingerprint density at radius 1 is 1.16 bits per heavy atom. The Bertz CT molecular complexity index is 283. The van der Waals surface area contributed by atoms with E-state index in [0.717, 1.165) is 13.0 Å². The molecule has 0 aromatic carbocycles. The van der Waals surface area contributed by atoms with Gasteiger partial charge >= 0.3 is 0 Å². The van der Waals surface area contributed by atoms with Gasteiger partial charge in [0.05, 0.1) is 6.54 Å². The standard InChI is InChI=1S/C14H28N2O3/c1-11(2)10-19-8-6-7-15-12(17)9-16-13(18)14(3,4)5/h11H,6-10H2,1-5H3,(H,15,17)(H,16,18). The lowest BCUT2D eigenvalue weighted by Gasteiger charge is -2.17. The Balaban J connectivity index is 3.53. The van der Waals surface area contributed by atoms with Crippen molar-refractivity contribution in [1.29, 1.82) is 0 Å². The normalized spacial score (nSPS) is 11.5. The second kappa shape index (κ2) is 8.91. The van der Waals surface area contributed by atoms with Crippen LogP contribution in [-0.4, -0.2) is 38.1 Å². The predicted molar refractivity (Wildman–Crippen MR) is 75.7 cm³/mol. The average molecular weight is 272 g/mol. The van der Waals surface area contributed by atoms with Crippen molar-refractivity contribution in [2.75, 3.05) is 26.3 Å². The second-order valence-corrected chi connectivity index (χ2v) is 6.10. The molecular formula is C14H28N2O3. The van der Waals surface area contributed by atoms with Gasteiger partial charge in [-0.3, -0.25) is 9.59 Å². The van der Waals surface area contributed by atoms with E-state index >= 15 is 0 Å². The largest absolute Gasteiger partial charge is 0.381 e. The minimum Gasteiger partial charge on any atom is -0.381 e. The lowest BCUT2D eigenvalue weighted by molar-refractivity contribution is -0.131. The summed E-state index contributed by atoms with van der Waals surface area (Å²) >= 11 is 0. The van der Waals surface area contributed by atoms with Crippen molar-refractivity contribution in [1.82, 2.24) is 10.6 Å². The van der Waals surface area contributed by atoms with Crippen LogP contribution in [0.2, 0.25) is 0 Å². The van der Waals surface area contributed by atoms with Gasteiger partial charge in [-0.05, 0) is 12.3 Å². The van der Waals surface area contributed by atoms with Crippen LogP contribution in [0.15, 0.2) is 0 Å². The summed E-state index contributed by atoms with van der Waals surface area (Å²) in [4.78, 5) is 23.0. The van der Waals surface area contributed by atoms with Crippen LogP contribution >= 0.6 is 0 Å². The zero-order chi connectivity index (χ0) is 14.9. The van der Waals surface area contributed by atoms with Crippen LogP contribution in [0, 0.1) is 11.3 Å². The minimum atomic E-state index is -0.467. The SMILES string of the molecule is CC(C)COCCCNC(=O)CNC(=O)C(C)(C)C. The number of amides is 2. The fourth-order valence-electron chi connectivity index (χ4n) is 1.21. The molecular weight excluding hydrogens is 244 g/mol. The lowest BCUT2D eigenvalue weighted by Crippen LogP contribution is -2.42. The molecule has 0 aliphatic rings. The zero-order valence-corrected chi connectivity index (χ0v) is 12.8. The van der Waals surface area contributed by atoms with Gasteiger partial charge in [-0.2, -0.15) is 0 Å². The first kappa shape index (κ1) is 17.9. The molecule has 19 heavy (non-hydrogen) atoms. The molecule has 2 N–H and O–H groups in total. The monoisotopic (exact) mass is 272 g/mol. The molecule has 0 saturated carbocycles. The summed E-state index contributed by atoms with van der Waals surface area (Å²) in [6.45, 7) is 11.6. The number of carbonyl (C=O) groups excluding carboxylic acids is 2. The summed E-state index contributed by atoms with van der Waals surface area (Å²) in [5.74, 6) is 0.242. The van der Waals surface area contributed by atoms with Gasteiger partial charge < -0.3 is 15.4 Å². The maximum atomic E-state index is 11.5. The number of hydrogen-bond acceptors (Lipinski definition) is 3. The second-order valence-electron chi connectivity index (χ2n) is 6.10. The first-order valence-corrected chi connectivity index (χ1v) is 6.86. The highest BCUT2D eigenvalue weighted by atomic mass is 16.5. The molecule has 0 unspecified atom stereocenters. The number of ether oxygens (including phenoxy) is 1. The summed E-state index contributed by atoms with van der Waals surface area (Å²) < 4.78 is 5.40. The van der Waals surface area contributed by atoms with Gasteiger partial charge in [-0.15, -0.1) is 0 Å². The van der Waals surface area contributed by atoms with E-state index < -0.39 is 5.41 Å². The molecule has 0 saturated heterocycles. The Kier molecular flexibility index (Phi) is 8.39. The zero-order valence-electron chi connectivity index (χ0n) is 12.8. The van der Waals surface area contributed by atoms with Crippen LogP contribution in [0.4, 0.5) is 0 Å². The highest BCUT2D eigenvalue weighted by Gasteiger charge is 2.21. The molecule has 0 fully saturated rings. The average Bonchev–Trinajstić information content (AvgIpc) is 2.28. The van der Waals surface area contributed by atoms with E-state index in [0.29, 0.717) is 19.1 Å². The molecule has 0 aliphatic heterocycles. The van der Waals surface area contributed by atoms with Crippen molar-refractivity contribution < 1.29 is 14.3 Å². The van der Waals surface area contributed by atoms with Crippen LogP contribution < -0.4 is 10.6 Å². The number of nitrogens with one attached hydrogen (secondary N) is 2. The quantitative estimate of drug-likeness (QED) is 0.655. The molecule has 5 heteroatoms. The summed E-state index contributed by atoms with van der Waals surface area (Å²) in [7, 11) is 0. The van der Waals surface area contributed by atoms with Gasteiger partial charge in [0.1, 0.15) is 0 Å². The van der Waals surface area contributed by atoms with Gasteiger partial charge in [-0.25, -0.2) is 0 Å². The van der Waals surface area contributed by atoms with Gasteiger partial charge in [0.15, 0.2) is 0 Å². The Hall–Kier alpha value is -1.10. The van der Waals surface area contributed by atoms with Crippen LogP contribution in [0.25, 0.3) is 0 Å². The lowest BCUT2D eigenvalue weighted by atomic mass is 9.96. The molecule has 112 valence electrons. The third kappa shape index (κ3) is 10.5. The van der Waals surface area contributed by atoms with E-state index in [1.54, 1.807) is 0 Å².